The number of carboxylic acid groups (broad SMARTS) is 1. The Labute approximate surface area is 241 Å². The van der Waals surface area contributed by atoms with Gasteiger partial charge in [0.25, 0.3) is 0 Å². The SMILES string of the molecule is Cc1cc(S(=O)(=O)N(C)C[C@H](O)CNC(C)(C)CC2Cc3ccccc3C2)ccc1-c1ccc(C(=O)O)c(Cl)c1. The minimum Gasteiger partial charge on any atom is -0.478 e. The van der Waals surface area contributed by atoms with E-state index in [1.54, 1.807) is 31.2 Å². The first-order valence-electron chi connectivity index (χ1n) is 13.4. The Balaban J connectivity index is 1.35. The van der Waals surface area contributed by atoms with Crippen molar-refractivity contribution in [2.75, 3.05) is 20.1 Å². The number of rotatable bonds is 11. The van der Waals surface area contributed by atoms with E-state index in [9.17, 15) is 23.4 Å². The number of fused-ring (bicyclic) bond motifs is 1. The van der Waals surface area contributed by atoms with Crippen molar-refractivity contribution in [1.29, 1.82) is 0 Å². The van der Waals surface area contributed by atoms with Crippen molar-refractivity contribution in [3.8, 4) is 11.1 Å². The van der Waals surface area contributed by atoms with Crippen molar-refractivity contribution in [3.63, 3.8) is 0 Å². The molecule has 0 aromatic heterocycles. The van der Waals surface area contributed by atoms with Crippen molar-refractivity contribution >= 4 is 27.6 Å². The van der Waals surface area contributed by atoms with E-state index >= 15 is 0 Å². The molecule has 1 aliphatic carbocycles. The number of aliphatic hydroxyl groups is 1. The number of nitrogens with zero attached hydrogens (tertiary/aromatic N) is 1. The van der Waals surface area contributed by atoms with E-state index in [4.69, 9.17) is 11.6 Å². The molecule has 3 aromatic rings. The van der Waals surface area contributed by atoms with Crippen LogP contribution >= 0.6 is 11.6 Å². The number of carbonyl (C=O) groups is 1. The Morgan fingerprint density at radius 2 is 1.75 bits per heavy atom. The van der Waals surface area contributed by atoms with Crippen LogP contribution in [0.4, 0.5) is 0 Å². The van der Waals surface area contributed by atoms with Gasteiger partial charge < -0.3 is 15.5 Å². The summed E-state index contributed by atoms with van der Waals surface area (Å²) in [4.78, 5) is 11.4. The molecule has 4 rings (SSSR count). The lowest BCUT2D eigenvalue weighted by molar-refractivity contribution is 0.0697. The number of hydrogen-bond donors (Lipinski definition) is 3. The molecule has 3 N–H and O–H groups in total. The monoisotopic (exact) mass is 584 g/mol. The largest absolute Gasteiger partial charge is 0.478 e. The molecule has 0 heterocycles. The van der Waals surface area contributed by atoms with Gasteiger partial charge in [0, 0.05) is 25.7 Å². The summed E-state index contributed by atoms with van der Waals surface area (Å²) in [7, 11) is -2.38. The number of β-amino-alcohol motifs (C(OH)–C–C–N with tert-alkyl or cyclic N) is 1. The molecular formula is C31H37ClN2O5S. The maximum Gasteiger partial charge on any atom is 0.337 e. The zero-order chi connectivity index (χ0) is 29.2. The predicted molar refractivity (Wildman–Crippen MR) is 158 cm³/mol. The molecule has 0 radical (unpaired) electrons. The van der Waals surface area contributed by atoms with Crippen LogP contribution in [0.25, 0.3) is 11.1 Å². The van der Waals surface area contributed by atoms with Crippen LogP contribution in [-0.2, 0) is 22.9 Å². The summed E-state index contributed by atoms with van der Waals surface area (Å²) in [6, 6.07) is 18.0. The molecule has 0 saturated carbocycles. The number of halogens is 1. The van der Waals surface area contributed by atoms with Crippen LogP contribution in [0.1, 0.15) is 47.3 Å². The van der Waals surface area contributed by atoms with Gasteiger partial charge in [0.1, 0.15) is 0 Å². The zero-order valence-corrected chi connectivity index (χ0v) is 24.9. The van der Waals surface area contributed by atoms with Crippen molar-refractivity contribution in [2.24, 2.45) is 5.92 Å². The molecular weight excluding hydrogens is 548 g/mol. The third kappa shape index (κ3) is 6.93. The molecule has 0 unspecified atom stereocenters. The minimum absolute atomic E-state index is 0.00411. The molecule has 0 aliphatic heterocycles. The smallest absolute Gasteiger partial charge is 0.337 e. The van der Waals surface area contributed by atoms with Gasteiger partial charge in [-0.15, -0.1) is 0 Å². The lowest BCUT2D eigenvalue weighted by atomic mass is 9.88. The topological polar surface area (TPSA) is 107 Å². The number of aromatic carboxylic acids is 1. The van der Waals surface area contributed by atoms with Gasteiger partial charge in [-0.25, -0.2) is 13.2 Å². The molecule has 9 heteroatoms. The van der Waals surface area contributed by atoms with E-state index in [2.05, 4.69) is 43.4 Å². The van der Waals surface area contributed by atoms with Crippen LogP contribution in [-0.4, -0.2) is 60.7 Å². The summed E-state index contributed by atoms with van der Waals surface area (Å²) >= 11 is 6.12. The van der Waals surface area contributed by atoms with Gasteiger partial charge in [0.05, 0.1) is 21.6 Å². The van der Waals surface area contributed by atoms with Crippen LogP contribution in [0.2, 0.25) is 5.02 Å². The van der Waals surface area contributed by atoms with Crippen molar-refractivity contribution < 1.29 is 23.4 Å². The number of sulfonamides is 1. The standard InChI is InChI=1S/C31H37ClN2O5S/c1-20-13-26(10-12-27(20)24-9-11-28(30(36)37)29(32)16-24)40(38,39)34(4)19-25(35)18-33-31(2,3)17-21-14-22-7-5-6-8-23(22)15-21/h5-13,16,21,25,33,35H,14-15,17-19H2,1-4H3,(H,36,37)/t25-/m1/s1. The fraction of sp³-hybridized carbons (Fsp3) is 0.387. The highest BCUT2D eigenvalue weighted by molar-refractivity contribution is 7.89. The maximum absolute atomic E-state index is 13.3. The van der Waals surface area contributed by atoms with Gasteiger partial charge in [-0.05, 0) is 98.0 Å². The summed E-state index contributed by atoms with van der Waals surface area (Å²) in [5.74, 6) is -0.573. The molecule has 3 aromatic carbocycles. The number of hydrogen-bond acceptors (Lipinski definition) is 5. The number of benzene rings is 3. The lowest BCUT2D eigenvalue weighted by Crippen LogP contribution is -2.47. The molecule has 1 atom stereocenters. The van der Waals surface area contributed by atoms with Crippen LogP contribution < -0.4 is 5.32 Å². The highest BCUT2D eigenvalue weighted by Gasteiger charge is 2.29. The molecule has 7 nitrogen and oxygen atoms in total. The van der Waals surface area contributed by atoms with Gasteiger partial charge in [0.2, 0.25) is 10.0 Å². The Kier molecular flexibility index (Phi) is 9.07. The van der Waals surface area contributed by atoms with E-state index in [0.29, 0.717) is 17.0 Å². The fourth-order valence-corrected chi connectivity index (χ4v) is 7.15. The quantitative estimate of drug-likeness (QED) is 0.287. The van der Waals surface area contributed by atoms with Crippen molar-refractivity contribution in [2.45, 2.75) is 56.6 Å². The molecule has 40 heavy (non-hydrogen) atoms. The number of likely N-dealkylation sites (N-methyl/N-ethyl adjacent to an activating group) is 1. The second-order valence-corrected chi connectivity index (χ2v) is 13.9. The second kappa shape index (κ2) is 12.0. The van der Waals surface area contributed by atoms with E-state index in [1.165, 1.54) is 34.6 Å². The van der Waals surface area contributed by atoms with Gasteiger partial charge in [-0.3, -0.25) is 0 Å². The summed E-state index contributed by atoms with van der Waals surface area (Å²) < 4.78 is 27.8. The molecule has 0 spiro atoms. The van der Waals surface area contributed by atoms with Crippen molar-refractivity contribution in [3.05, 3.63) is 87.9 Å². The lowest BCUT2D eigenvalue weighted by Gasteiger charge is -2.31. The number of nitrogens with one attached hydrogen (secondary N) is 1. The average Bonchev–Trinajstić information content (AvgIpc) is 3.28. The second-order valence-electron chi connectivity index (χ2n) is 11.4. The first-order chi connectivity index (χ1) is 18.8. The minimum atomic E-state index is -3.84. The van der Waals surface area contributed by atoms with Crippen LogP contribution in [0.3, 0.4) is 0 Å². The fourth-order valence-electron chi connectivity index (χ4n) is 5.60. The van der Waals surface area contributed by atoms with Gasteiger partial charge in [0.15, 0.2) is 0 Å². The zero-order valence-electron chi connectivity index (χ0n) is 23.3. The molecule has 1 aliphatic rings. The van der Waals surface area contributed by atoms with E-state index in [1.807, 2.05) is 0 Å². The molecule has 0 bridgehead atoms. The van der Waals surface area contributed by atoms with Gasteiger partial charge in [-0.2, -0.15) is 4.31 Å². The van der Waals surface area contributed by atoms with E-state index < -0.39 is 22.1 Å². The predicted octanol–water partition coefficient (Wildman–Crippen LogP) is 5.17. The van der Waals surface area contributed by atoms with Crippen molar-refractivity contribution in [1.82, 2.24) is 9.62 Å². The summed E-state index contributed by atoms with van der Waals surface area (Å²) in [6.07, 6.45) is 2.20. The van der Waals surface area contributed by atoms with Gasteiger partial charge >= 0.3 is 5.97 Å². The Morgan fingerprint density at radius 3 is 2.33 bits per heavy atom. The van der Waals surface area contributed by atoms with Crippen LogP contribution in [0.15, 0.2) is 65.6 Å². The molecule has 0 fully saturated rings. The van der Waals surface area contributed by atoms with Crippen LogP contribution in [0, 0.1) is 12.8 Å². The first kappa shape index (κ1) is 30.2. The normalized spacial score (nSPS) is 14.9. The van der Waals surface area contributed by atoms with Gasteiger partial charge in [-0.1, -0.05) is 48.0 Å². The Hall–Kier alpha value is -2.75. The Bertz CT molecular complexity index is 1480. The highest BCUT2D eigenvalue weighted by Crippen LogP contribution is 2.32. The highest BCUT2D eigenvalue weighted by atomic mass is 35.5. The average molecular weight is 585 g/mol. The molecule has 0 saturated heterocycles. The number of aryl methyl sites for hydroxylation is 1. The van der Waals surface area contributed by atoms with E-state index in [0.717, 1.165) is 24.8 Å². The summed E-state index contributed by atoms with van der Waals surface area (Å²) in [5, 5.41) is 23.5. The molecule has 0 amide bonds. The Morgan fingerprint density at radius 1 is 1.10 bits per heavy atom. The van der Waals surface area contributed by atoms with E-state index in [-0.39, 0.29) is 34.1 Å². The molecule has 214 valence electrons. The maximum atomic E-state index is 13.3. The summed E-state index contributed by atoms with van der Waals surface area (Å²) in [6.45, 7) is 6.26. The van der Waals surface area contributed by atoms with Crippen LogP contribution in [0.5, 0.6) is 0 Å². The number of carboxylic acids is 1. The summed E-state index contributed by atoms with van der Waals surface area (Å²) in [5.41, 5.74) is 4.77. The number of aliphatic hydroxyl groups excluding tert-OH is 1. The third-order valence-corrected chi connectivity index (χ3v) is 9.77. The third-order valence-electron chi connectivity index (χ3n) is 7.64. The first-order valence-corrected chi connectivity index (χ1v) is 15.2.